The Morgan fingerprint density at radius 3 is 3.00 bits per heavy atom. The Balaban J connectivity index is 2.70. The molecule has 1 aromatic heterocycles. The Kier molecular flexibility index (Phi) is 2.65. The van der Waals surface area contributed by atoms with Gasteiger partial charge in [-0.3, -0.25) is 0 Å². The number of nitrogens with zero attached hydrogens (tertiary/aromatic N) is 2. The molecule has 0 unspecified atom stereocenters. The van der Waals surface area contributed by atoms with Crippen LogP contribution in [0.5, 0.6) is 0 Å². The van der Waals surface area contributed by atoms with Crippen LogP contribution in [0.3, 0.4) is 0 Å². The number of aromatic nitrogens is 2. The van der Waals surface area contributed by atoms with E-state index in [1.54, 1.807) is 10.8 Å². The van der Waals surface area contributed by atoms with Crippen LogP contribution in [0.4, 0.5) is 0 Å². The molecule has 0 saturated heterocycles. The first-order chi connectivity index (χ1) is 5.25. The zero-order chi connectivity index (χ0) is 8.27. The topological polar surface area (TPSA) is 34.9 Å². The number of hydrogen-bond acceptors (Lipinski definition) is 2. The van der Waals surface area contributed by atoms with Gasteiger partial charge in [0.1, 0.15) is 17.3 Å². The molecule has 0 N–H and O–H groups in total. The van der Waals surface area contributed by atoms with Gasteiger partial charge in [0.25, 0.3) is 0 Å². The van der Waals surface area contributed by atoms with E-state index in [9.17, 15) is 4.79 Å². The van der Waals surface area contributed by atoms with Gasteiger partial charge in [0.15, 0.2) is 0 Å². The van der Waals surface area contributed by atoms with E-state index in [1.807, 2.05) is 7.05 Å². The number of carbonyl (C=O) groups is 1. The smallest absolute Gasteiger partial charge is 0.128 e. The molecule has 11 heavy (non-hydrogen) atoms. The van der Waals surface area contributed by atoms with Crippen LogP contribution in [0.2, 0.25) is 5.15 Å². The summed E-state index contributed by atoms with van der Waals surface area (Å²) in [6, 6.07) is 0. The van der Waals surface area contributed by atoms with Gasteiger partial charge in [-0.25, -0.2) is 4.98 Å². The maximum Gasteiger partial charge on any atom is 0.128 e. The van der Waals surface area contributed by atoms with E-state index in [4.69, 9.17) is 11.6 Å². The van der Waals surface area contributed by atoms with Crippen LogP contribution in [-0.4, -0.2) is 15.8 Å². The zero-order valence-corrected chi connectivity index (χ0v) is 7.01. The number of aryl methyl sites for hydroxylation is 1. The Hall–Kier alpha value is -0.830. The van der Waals surface area contributed by atoms with Crippen molar-refractivity contribution in [3.63, 3.8) is 0 Å². The molecular weight excluding hydrogens is 164 g/mol. The van der Waals surface area contributed by atoms with Crippen molar-refractivity contribution >= 4 is 17.9 Å². The molecule has 0 spiro atoms. The largest absolute Gasteiger partial charge is 0.322 e. The van der Waals surface area contributed by atoms with Gasteiger partial charge in [0.05, 0.1) is 6.20 Å². The third kappa shape index (κ3) is 1.80. The van der Waals surface area contributed by atoms with Crippen LogP contribution >= 0.6 is 11.6 Å². The summed E-state index contributed by atoms with van der Waals surface area (Å²) >= 11 is 5.72. The van der Waals surface area contributed by atoms with E-state index in [0.717, 1.165) is 12.1 Å². The highest BCUT2D eigenvalue weighted by atomic mass is 35.5. The van der Waals surface area contributed by atoms with Gasteiger partial charge in [0.2, 0.25) is 0 Å². The van der Waals surface area contributed by atoms with Crippen molar-refractivity contribution < 1.29 is 4.79 Å². The summed E-state index contributed by atoms with van der Waals surface area (Å²) in [5.41, 5.74) is 0. The molecule has 0 aliphatic rings. The summed E-state index contributed by atoms with van der Waals surface area (Å²) in [5, 5.41) is 0.603. The van der Waals surface area contributed by atoms with Crippen LogP contribution in [0, 0.1) is 0 Å². The zero-order valence-electron chi connectivity index (χ0n) is 6.25. The van der Waals surface area contributed by atoms with Gasteiger partial charge >= 0.3 is 0 Å². The molecule has 4 heteroatoms. The van der Waals surface area contributed by atoms with Crippen molar-refractivity contribution in [2.75, 3.05) is 0 Å². The monoisotopic (exact) mass is 172 g/mol. The first kappa shape index (κ1) is 8.27. The normalized spacial score (nSPS) is 10.0. The molecule has 0 aromatic carbocycles. The summed E-state index contributed by atoms with van der Waals surface area (Å²) in [6.45, 7) is 0. The predicted octanol–water partition coefficient (Wildman–Crippen LogP) is 1.20. The van der Waals surface area contributed by atoms with Gasteiger partial charge in [0, 0.05) is 19.9 Å². The van der Waals surface area contributed by atoms with Crippen molar-refractivity contribution in [1.82, 2.24) is 9.55 Å². The van der Waals surface area contributed by atoms with Crippen molar-refractivity contribution in [2.45, 2.75) is 12.8 Å². The molecule has 0 atom stereocenters. The molecule has 0 bridgehead atoms. The lowest BCUT2D eigenvalue weighted by Gasteiger charge is -1.97. The maximum atomic E-state index is 10.0. The van der Waals surface area contributed by atoms with E-state index in [0.29, 0.717) is 18.0 Å². The van der Waals surface area contributed by atoms with Crippen molar-refractivity contribution in [3.8, 4) is 0 Å². The van der Waals surface area contributed by atoms with Crippen LogP contribution in [0.1, 0.15) is 12.2 Å². The van der Waals surface area contributed by atoms with Gasteiger partial charge in [-0.1, -0.05) is 11.6 Å². The van der Waals surface area contributed by atoms with Gasteiger partial charge in [-0.05, 0) is 0 Å². The Morgan fingerprint density at radius 1 is 1.82 bits per heavy atom. The summed E-state index contributed by atoms with van der Waals surface area (Å²) in [4.78, 5) is 14.1. The summed E-state index contributed by atoms with van der Waals surface area (Å²) < 4.78 is 1.77. The number of carbonyl (C=O) groups excluding carboxylic acids is 1. The molecular formula is C7H9ClN2O. The highest BCUT2D eigenvalue weighted by Crippen LogP contribution is 2.09. The number of hydrogen-bond donors (Lipinski definition) is 0. The van der Waals surface area contributed by atoms with Gasteiger partial charge in [-0.2, -0.15) is 0 Å². The second kappa shape index (κ2) is 3.53. The third-order valence-corrected chi connectivity index (χ3v) is 1.86. The molecule has 0 aliphatic heterocycles. The maximum absolute atomic E-state index is 10.0. The molecule has 60 valence electrons. The first-order valence-corrected chi connectivity index (χ1v) is 3.73. The van der Waals surface area contributed by atoms with Crippen molar-refractivity contribution in [2.24, 2.45) is 7.05 Å². The van der Waals surface area contributed by atoms with Gasteiger partial charge < -0.3 is 9.36 Å². The highest BCUT2D eigenvalue weighted by molar-refractivity contribution is 6.29. The van der Waals surface area contributed by atoms with Crippen LogP contribution in [0.15, 0.2) is 6.20 Å². The van der Waals surface area contributed by atoms with E-state index >= 15 is 0 Å². The van der Waals surface area contributed by atoms with Crippen LogP contribution in [-0.2, 0) is 18.3 Å². The fraction of sp³-hybridized carbons (Fsp3) is 0.429. The van der Waals surface area contributed by atoms with Gasteiger partial charge in [-0.15, -0.1) is 0 Å². The minimum Gasteiger partial charge on any atom is -0.322 e. The predicted molar refractivity (Wildman–Crippen MR) is 42.6 cm³/mol. The van der Waals surface area contributed by atoms with Crippen LogP contribution < -0.4 is 0 Å². The van der Waals surface area contributed by atoms with Crippen molar-refractivity contribution in [1.29, 1.82) is 0 Å². The van der Waals surface area contributed by atoms with Crippen LogP contribution in [0.25, 0.3) is 0 Å². The average molecular weight is 173 g/mol. The number of aldehydes is 1. The Labute approximate surface area is 70.0 Å². The molecule has 1 aromatic rings. The molecule has 0 amide bonds. The van der Waals surface area contributed by atoms with E-state index in [2.05, 4.69) is 4.98 Å². The third-order valence-electron chi connectivity index (χ3n) is 1.51. The lowest BCUT2D eigenvalue weighted by atomic mass is 10.3. The van der Waals surface area contributed by atoms with Crippen molar-refractivity contribution in [3.05, 3.63) is 17.2 Å². The molecule has 0 saturated carbocycles. The van der Waals surface area contributed by atoms with E-state index in [1.165, 1.54) is 0 Å². The average Bonchev–Trinajstić information content (AvgIpc) is 2.31. The van der Waals surface area contributed by atoms with E-state index < -0.39 is 0 Å². The SMILES string of the molecule is Cn1c(Cl)cnc1CCC=O. The molecule has 1 rings (SSSR count). The quantitative estimate of drug-likeness (QED) is 0.643. The summed E-state index contributed by atoms with van der Waals surface area (Å²) in [6.07, 6.45) is 3.62. The number of rotatable bonds is 3. The summed E-state index contributed by atoms with van der Waals surface area (Å²) in [7, 11) is 1.83. The molecule has 3 nitrogen and oxygen atoms in total. The second-order valence-corrected chi connectivity index (χ2v) is 2.65. The van der Waals surface area contributed by atoms with E-state index in [-0.39, 0.29) is 0 Å². The molecule has 0 radical (unpaired) electrons. The lowest BCUT2D eigenvalue weighted by molar-refractivity contribution is -0.107. The summed E-state index contributed by atoms with van der Waals surface area (Å²) in [5.74, 6) is 0.849. The minimum absolute atomic E-state index is 0.501. The number of halogens is 1. The fourth-order valence-electron chi connectivity index (χ4n) is 0.845. The highest BCUT2D eigenvalue weighted by Gasteiger charge is 2.02. The molecule has 0 aliphatic carbocycles. The Morgan fingerprint density at radius 2 is 2.55 bits per heavy atom. The molecule has 1 heterocycles. The lowest BCUT2D eigenvalue weighted by Crippen LogP contribution is -1.98. The molecule has 0 fully saturated rings. The second-order valence-electron chi connectivity index (χ2n) is 2.26. The number of imidazole rings is 1. The fourth-order valence-corrected chi connectivity index (χ4v) is 0.991. The first-order valence-electron chi connectivity index (χ1n) is 3.35. The standard InChI is InChI=1S/C7H9ClN2O/c1-10-6(8)5-9-7(10)3-2-4-11/h4-5H,2-3H2,1H3. The Bertz CT molecular complexity index is 257. The minimum atomic E-state index is 0.501.